The summed E-state index contributed by atoms with van der Waals surface area (Å²) < 4.78 is 11.0. The van der Waals surface area contributed by atoms with Crippen molar-refractivity contribution in [3.05, 3.63) is 0 Å². The van der Waals surface area contributed by atoms with Gasteiger partial charge in [0.25, 0.3) is 0 Å². The third-order valence-electron chi connectivity index (χ3n) is 6.29. The van der Waals surface area contributed by atoms with Gasteiger partial charge < -0.3 is 9.47 Å². The fraction of sp³-hybridized carbons (Fsp3) is 0.931. The van der Waals surface area contributed by atoms with Gasteiger partial charge >= 0.3 is 11.9 Å². The molecule has 0 aromatic heterocycles. The molecule has 0 radical (unpaired) electrons. The summed E-state index contributed by atoms with van der Waals surface area (Å²) in [5.41, 5.74) is 0. The van der Waals surface area contributed by atoms with Crippen LogP contribution in [0.25, 0.3) is 0 Å². The van der Waals surface area contributed by atoms with E-state index in [1.54, 1.807) is 0 Å². The van der Waals surface area contributed by atoms with Gasteiger partial charge in [0.05, 0.1) is 6.61 Å². The van der Waals surface area contributed by atoms with Gasteiger partial charge in [0.1, 0.15) is 6.10 Å². The Labute approximate surface area is 206 Å². The Morgan fingerprint density at radius 1 is 0.515 bits per heavy atom. The minimum atomic E-state index is -0.0395. The molecule has 0 amide bonds. The van der Waals surface area contributed by atoms with Crippen LogP contribution in [0.1, 0.15) is 162 Å². The zero-order valence-electron chi connectivity index (χ0n) is 22.5. The maximum absolute atomic E-state index is 12.0. The van der Waals surface area contributed by atoms with Crippen LogP contribution in [-0.2, 0) is 19.1 Å². The first-order valence-corrected chi connectivity index (χ1v) is 14.5. The van der Waals surface area contributed by atoms with Crippen molar-refractivity contribution in [3.63, 3.8) is 0 Å². The fourth-order valence-electron chi connectivity index (χ4n) is 4.24. The van der Waals surface area contributed by atoms with Gasteiger partial charge in [-0.05, 0) is 32.1 Å². The number of hydrogen-bond donors (Lipinski definition) is 0. The second-order valence-electron chi connectivity index (χ2n) is 9.71. The van der Waals surface area contributed by atoms with Crippen LogP contribution in [0.15, 0.2) is 0 Å². The predicted molar refractivity (Wildman–Crippen MR) is 139 cm³/mol. The molecular weight excluding hydrogens is 412 g/mol. The Hall–Kier alpha value is -1.06. The van der Waals surface area contributed by atoms with Crippen LogP contribution in [0.2, 0.25) is 0 Å². The molecule has 0 spiro atoms. The van der Waals surface area contributed by atoms with Gasteiger partial charge in [0, 0.05) is 12.8 Å². The first-order chi connectivity index (χ1) is 16.1. The van der Waals surface area contributed by atoms with E-state index in [2.05, 4.69) is 20.8 Å². The maximum Gasteiger partial charge on any atom is 0.306 e. The lowest BCUT2D eigenvalue weighted by atomic mass is 10.1. The molecule has 0 unspecified atom stereocenters. The van der Waals surface area contributed by atoms with Gasteiger partial charge in [-0.3, -0.25) is 9.59 Å². The molecule has 0 saturated heterocycles. The Morgan fingerprint density at radius 2 is 0.939 bits per heavy atom. The molecule has 4 nitrogen and oxygen atoms in total. The Bertz CT molecular complexity index is 429. The number of ether oxygens (including phenoxy) is 2. The van der Waals surface area contributed by atoms with Crippen molar-refractivity contribution < 1.29 is 19.1 Å². The molecule has 0 aromatic rings. The zero-order chi connectivity index (χ0) is 24.4. The van der Waals surface area contributed by atoms with Crippen LogP contribution in [0.4, 0.5) is 0 Å². The third kappa shape index (κ3) is 23.9. The van der Waals surface area contributed by atoms with E-state index in [4.69, 9.17) is 9.47 Å². The molecule has 0 aliphatic carbocycles. The average Bonchev–Trinajstić information content (AvgIpc) is 2.79. The highest BCUT2D eigenvalue weighted by Gasteiger charge is 2.12. The quantitative estimate of drug-likeness (QED) is 0.0990. The second-order valence-corrected chi connectivity index (χ2v) is 9.71. The molecule has 0 fully saturated rings. The number of unbranched alkanes of at least 4 members (excludes halogenated alkanes) is 14. The summed E-state index contributed by atoms with van der Waals surface area (Å²) in [6.45, 7) is 7.11. The van der Waals surface area contributed by atoms with Crippen LogP contribution in [-0.4, -0.2) is 24.6 Å². The molecule has 0 rings (SSSR count). The van der Waals surface area contributed by atoms with Crippen molar-refractivity contribution in [1.82, 2.24) is 0 Å². The average molecular weight is 469 g/mol. The molecule has 33 heavy (non-hydrogen) atoms. The highest BCUT2D eigenvalue weighted by Crippen LogP contribution is 2.14. The molecule has 0 aliphatic heterocycles. The molecule has 0 N–H and O–H groups in total. The highest BCUT2D eigenvalue weighted by molar-refractivity contribution is 5.69. The summed E-state index contributed by atoms with van der Waals surface area (Å²) in [7, 11) is 0. The maximum atomic E-state index is 12.0. The van der Waals surface area contributed by atoms with E-state index >= 15 is 0 Å². The van der Waals surface area contributed by atoms with Gasteiger partial charge in [0.2, 0.25) is 0 Å². The Kier molecular flexibility index (Phi) is 24.7. The van der Waals surface area contributed by atoms with E-state index in [1.807, 2.05) is 0 Å². The van der Waals surface area contributed by atoms with E-state index in [9.17, 15) is 9.59 Å². The molecule has 0 aliphatic rings. The van der Waals surface area contributed by atoms with E-state index < -0.39 is 0 Å². The van der Waals surface area contributed by atoms with Gasteiger partial charge in [-0.2, -0.15) is 0 Å². The minimum Gasteiger partial charge on any atom is -0.466 e. The van der Waals surface area contributed by atoms with E-state index in [1.165, 1.54) is 57.8 Å². The van der Waals surface area contributed by atoms with E-state index in [0.717, 1.165) is 70.6 Å². The first kappa shape index (κ1) is 31.9. The normalized spacial score (nSPS) is 11.2. The number of carbonyl (C=O) groups is 2. The van der Waals surface area contributed by atoms with Crippen molar-refractivity contribution >= 4 is 11.9 Å². The summed E-state index contributed by atoms with van der Waals surface area (Å²) >= 11 is 0. The predicted octanol–water partition coefficient (Wildman–Crippen LogP) is 9.08. The Balaban J connectivity index is 3.38. The second kappa shape index (κ2) is 25.6. The fourth-order valence-corrected chi connectivity index (χ4v) is 4.24. The van der Waals surface area contributed by atoms with Crippen molar-refractivity contribution in [3.8, 4) is 0 Å². The SMILES string of the molecule is CCCCCCCCCCCCOC(=O)CCCCCCCCC(=O)OC(CCC)CCC. The minimum absolute atomic E-state index is 0.0351. The largest absolute Gasteiger partial charge is 0.466 e. The summed E-state index contributed by atoms with van der Waals surface area (Å²) in [6.07, 6.45) is 24.4. The van der Waals surface area contributed by atoms with Gasteiger partial charge in [-0.1, -0.05) is 117 Å². The van der Waals surface area contributed by atoms with E-state index in [-0.39, 0.29) is 18.0 Å². The standard InChI is InChI=1S/C29H56O4/c1-4-7-8-9-10-11-12-15-18-21-26-32-28(30)24-19-16-13-14-17-20-25-29(31)33-27(22-5-2)23-6-3/h27H,4-26H2,1-3H3. The molecule has 196 valence electrons. The zero-order valence-corrected chi connectivity index (χ0v) is 22.5. The lowest BCUT2D eigenvalue weighted by molar-refractivity contribution is -0.150. The summed E-state index contributed by atoms with van der Waals surface area (Å²) in [5.74, 6) is -0.0746. The molecule has 0 aromatic carbocycles. The topological polar surface area (TPSA) is 52.6 Å². The number of esters is 2. The van der Waals surface area contributed by atoms with Crippen molar-refractivity contribution in [2.75, 3.05) is 6.61 Å². The summed E-state index contributed by atoms with van der Waals surface area (Å²) in [6, 6.07) is 0. The first-order valence-electron chi connectivity index (χ1n) is 14.5. The number of carbonyl (C=O) groups excluding carboxylic acids is 2. The molecular formula is C29H56O4. The van der Waals surface area contributed by atoms with Crippen LogP contribution in [0.3, 0.4) is 0 Å². The number of hydrogen-bond acceptors (Lipinski definition) is 4. The molecule has 4 heteroatoms. The van der Waals surface area contributed by atoms with Gasteiger partial charge in [-0.25, -0.2) is 0 Å². The van der Waals surface area contributed by atoms with Crippen LogP contribution >= 0.6 is 0 Å². The lowest BCUT2D eigenvalue weighted by Gasteiger charge is -2.16. The van der Waals surface area contributed by atoms with Gasteiger partial charge in [0.15, 0.2) is 0 Å². The molecule has 0 atom stereocenters. The highest BCUT2D eigenvalue weighted by atomic mass is 16.5. The van der Waals surface area contributed by atoms with Crippen LogP contribution in [0, 0.1) is 0 Å². The van der Waals surface area contributed by atoms with Crippen LogP contribution < -0.4 is 0 Å². The van der Waals surface area contributed by atoms with Crippen molar-refractivity contribution in [2.45, 2.75) is 168 Å². The number of rotatable bonds is 25. The monoisotopic (exact) mass is 468 g/mol. The summed E-state index contributed by atoms with van der Waals surface area (Å²) in [4.78, 5) is 23.8. The third-order valence-corrected chi connectivity index (χ3v) is 6.29. The van der Waals surface area contributed by atoms with Crippen molar-refractivity contribution in [2.24, 2.45) is 0 Å². The lowest BCUT2D eigenvalue weighted by Crippen LogP contribution is -2.17. The van der Waals surface area contributed by atoms with Crippen molar-refractivity contribution in [1.29, 1.82) is 0 Å². The van der Waals surface area contributed by atoms with E-state index in [0.29, 0.717) is 19.4 Å². The van der Waals surface area contributed by atoms with Crippen LogP contribution in [0.5, 0.6) is 0 Å². The molecule has 0 saturated carbocycles. The van der Waals surface area contributed by atoms with Gasteiger partial charge in [-0.15, -0.1) is 0 Å². The smallest absolute Gasteiger partial charge is 0.306 e. The Morgan fingerprint density at radius 3 is 1.42 bits per heavy atom. The summed E-state index contributed by atoms with van der Waals surface area (Å²) in [5, 5.41) is 0. The molecule has 0 heterocycles. The molecule has 0 bridgehead atoms.